The van der Waals surface area contributed by atoms with Crippen molar-refractivity contribution in [2.75, 3.05) is 13.1 Å². The van der Waals surface area contributed by atoms with Gasteiger partial charge in [0.2, 0.25) is 0 Å². The predicted molar refractivity (Wildman–Crippen MR) is 85.2 cm³/mol. The summed E-state index contributed by atoms with van der Waals surface area (Å²) in [5, 5.41) is 18.6. The van der Waals surface area contributed by atoms with E-state index in [1.807, 2.05) is 22.6 Å². The standard InChI is InChI=1S/C12H11I2NO4/c13-7-2-8(11(18)9(14)3-7)12(19)15-4-6(5-15)1-10(16)17/h2-3,6,18H,1,4-5H2,(H,16,17). The number of hydrogen-bond donors (Lipinski definition) is 2. The number of carbonyl (C=O) groups excluding carboxylic acids is 1. The molecule has 0 unspecified atom stereocenters. The number of aliphatic carboxylic acids is 1. The van der Waals surface area contributed by atoms with Crippen LogP contribution in [0.1, 0.15) is 16.8 Å². The van der Waals surface area contributed by atoms with Crippen molar-refractivity contribution in [3.05, 3.63) is 24.8 Å². The second-order valence-corrected chi connectivity index (χ2v) is 6.87. The fourth-order valence-electron chi connectivity index (χ4n) is 2.01. The van der Waals surface area contributed by atoms with Crippen LogP contribution in [0.2, 0.25) is 0 Å². The molecule has 102 valence electrons. The Morgan fingerprint density at radius 2 is 1.95 bits per heavy atom. The predicted octanol–water partition coefficient (Wildman–Crippen LogP) is 2.15. The summed E-state index contributed by atoms with van der Waals surface area (Å²) in [6, 6.07) is 3.43. The number of halogens is 2. The molecular formula is C12H11I2NO4. The van der Waals surface area contributed by atoms with Crippen molar-refractivity contribution < 1.29 is 19.8 Å². The van der Waals surface area contributed by atoms with Crippen LogP contribution in [0.15, 0.2) is 12.1 Å². The smallest absolute Gasteiger partial charge is 0.303 e. The summed E-state index contributed by atoms with van der Waals surface area (Å²) in [4.78, 5) is 24.3. The zero-order valence-electron chi connectivity index (χ0n) is 9.77. The number of aromatic hydroxyl groups is 1. The summed E-state index contributed by atoms with van der Waals surface area (Å²) in [5.74, 6) is -1.07. The summed E-state index contributed by atoms with van der Waals surface area (Å²) in [6.45, 7) is 0.874. The van der Waals surface area contributed by atoms with Gasteiger partial charge < -0.3 is 15.1 Å². The lowest BCUT2D eigenvalue weighted by Crippen LogP contribution is -2.50. The number of benzene rings is 1. The first kappa shape index (κ1) is 14.8. The first-order valence-electron chi connectivity index (χ1n) is 5.57. The van der Waals surface area contributed by atoms with Crippen molar-refractivity contribution in [2.45, 2.75) is 6.42 Å². The van der Waals surface area contributed by atoms with Gasteiger partial charge in [-0.15, -0.1) is 0 Å². The molecule has 1 aliphatic rings. The molecule has 19 heavy (non-hydrogen) atoms. The maximum atomic E-state index is 12.2. The average molecular weight is 487 g/mol. The highest BCUT2D eigenvalue weighted by molar-refractivity contribution is 14.1. The van der Waals surface area contributed by atoms with Gasteiger partial charge in [-0.05, 0) is 57.3 Å². The quantitative estimate of drug-likeness (QED) is 0.642. The summed E-state index contributed by atoms with van der Waals surface area (Å²) < 4.78 is 1.52. The third kappa shape index (κ3) is 3.30. The maximum Gasteiger partial charge on any atom is 0.303 e. The van der Waals surface area contributed by atoms with Gasteiger partial charge in [0.25, 0.3) is 5.91 Å². The number of likely N-dealkylation sites (tertiary alicyclic amines) is 1. The van der Waals surface area contributed by atoms with Gasteiger partial charge in [0, 0.05) is 22.6 Å². The van der Waals surface area contributed by atoms with E-state index in [-0.39, 0.29) is 29.6 Å². The number of carboxylic acids is 1. The normalized spacial score (nSPS) is 15.2. The molecule has 1 saturated heterocycles. The van der Waals surface area contributed by atoms with Crippen molar-refractivity contribution in [3.63, 3.8) is 0 Å². The van der Waals surface area contributed by atoms with Gasteiger partial charge in [-0.25, -0.2) is 0 Å². The Kier molecular flexibility index (Phi) is 4.54. The molecule has 0 radical (unpaired) electrons. The molecule has 1 heterocycles. The van der Waals surface area contributed by atoms with E-state index in [1.54, 1.807) is 17.0 Å². The number of carbonyl (C=O) groups is 2. The van der Waals surface area contributed by atoms with Gasteiger partial charge in [0.15, 0.2) is 0 Å². The molecule has 1 aliphatic heterocycles. The van der Waals surface area contributed by atoms with Crippen LogP contribution >= 0.6 is 45.2 Å². The van der Waals surface area contributed by atoms with Crippen LogP contribution in [0.5, 0.6) is 5.75 Å². The van der Waals surface area contributed by atoms with Crippen molar-refractivity contribution in [1.82, 2.24) is 4.90 Å². The lowest BCUT2D eigenvalue weighted by molar-refractivity contribution is -0.139. The molecule has 1 amide bonds. The number of phenolic OH excluding ortho intramolecular Hbond substituents is 1. The fourth-order valence-corrected chi connectivity index (χ4v) is 3.86. The molecule has 0 aliphatic carbocycles. The number of rotatable bonds is 3. The zero-order valence-corrected chi connectivity index (χ0v) is 14.1. The van der Waals surface area contributed by atoms with Crippen LogP contribution in [-0.2, 0) is 4.79 Å². The van der Waals surface area contributed by atoms with Crippen LogP contribution < -0.4 is 0 Å². The summed E-state index contributed by atoms with van der Waals surface area (Å²) in [7, 11) is 0. The van der Waals surface area contributed by atoms with E-state index in [0.717, 1.165) is 3.57 Å². The lowest BCUT2D eigenvalue weighted by atomic mass is 9.95. The van der Waals surface area contributed by atoms with Crippen molar-refractivity contribution >= 4 is 57.1 Å². The van der Waals surface area contributed by atoms with E-state index in [1.165, 1.54) is 0 Å². The van der Waals surface area contributed by atoms with Crippen LogP contribution in [0.3, 0.4) is 0 Å². The highest BCUT2D eigenvalue weighted by Crippen LogP contribution is 2.30. The topological polar surface area (TPSA) is 77.8 Å². The summed E-state index contributed by atoms with van der Waals surface area (Å²) in [5.41, 5.74) is 0.282. The number of hydrogen-bond acceptors (Lipinski definition) is 3. The van der Waals surface area contributed by atoms with Crippen LogP contribution in [0, 0.1) is 13.1 Å². The van der Waals surface area contributed by atoms with E-state index < -0.39 is 5.97 Å². The Morgan fingerprint density at radius 3 is 2.53 bits per heavy atom. The number of amides is 1. The first-order chi connectivity index (χ1) is 8.88. The van der Waals surface area contributed by atoms with Gasteiger partial charge >= 0.3 is 5.97 Å². The molecule has 1 aromatic rings. The number of phenols is 1. The molecule has 7 heteroatoms. The average Bonchev–Trinajstić information content (AvgIpc) is 2.26. The fraction of sp³-hybridized carbons (Fsp3) is 0.333. The highest BCUT2D eigenvalue weighted by atomic mass is 127. The Bertz CT molecular complexity index is 541. The Balaban J connectivity index is 2.08. The van der Waals surface area contributed by atoms with Crippen molar-refractivity contribution in [3.8, 4) is 5.75 Å². The SMILES string of the molecule is O=C(O)CC1CN(C(=O)c2cc(I)cc(I)c2O)C1. The van der Waals surface area contributed by atoms with E-state index in [0.29, 0.717) is 16.7 Å². The molecule has 0 aromatic heterocycles. The van der Waals surface area contributed by atoms with Gasteiger partial charge in [0.05, 0.1) is 15.6 Å². The zero-order chi connectivity index (χ0) is 14.2. The third-order valence-electron chi connectivity index (χ3n) is 2.97. The lowest BCUT2D eigenvalue weighted by Gasteiger charge is -2.38. The molecule has 0 atom stereocenters. The van der Waals surface area contributed by atoms with Crippen molar-refractivity contribution in [2.24, 2.45) is 5.92 Å². The Morgan fingerprint density at radius 1 is 1.32 bits per heavy atom. The van der Waals surface area contributed by atoms with Gasteiger partial charge in [-0.1, -0.05) is 0 Å². The minimum atomic E-state index is -0.844. The highest BCUT2D eigenvalue weighted by Gasteiger charge is 2.33. The van der Waals surface area contributed by atoms with Gasteiger partial charge in [-0.2, -0.15) is 0 Å². The van der Waals surface area contributed by atoms with Gasteiger partial charge in [0.1, 0.15) is 5.75 Å². The molecule has 0 bridgehead atoms. The maximum absolute atomic E-state index is 12.2. The Hall–Kier alpha value is -0.580. The molecule has 0 saturated carbocycles. The van der Waals surface area contributed by atoms with Crippen LogP contribution in [0.25, 0.3) is 0 Å². The van der Waals surface area contributed by atoms with E-state index in [2.05, 4.69) is 22.6 Å². The minimum absolute atomic E-state index is 0.00676. The van der Waals surface area contributed by atoms with E-state index in [9.17, 15) is 14.7 Å². The minimum Gasteiger partial charge on any atom is -0.506 e. The monoisotopic (exact) mass is 487 g/mol. The molecule has 2 N–H and O–H groups in total. The van der Waals surface area contributed by atoms with E-state index in [4.69, 9.17) is 5.11 Å². The molecule has 5 nitrogen and oxygen atoms in total. The second kappa shape index (κ2) is 5.81. The Labute approximate surface area is 137 Å². The molecule has 1 fully saturated rings. The molecule has 0 spiro atoms. The summed E-state index contributed by atoms with van der Waals surface area (Å²) in [6.07, 6.45) is 0.0830. The molecule has 2 rings (SSSR count). The van der Waals surface area contributed by atoms with Crippen LogP contribution in [0.4, 0.5) is 0 Å². The third-order valence-corrected chi connectivity index (χ3v) is 4.41. The second-order valence-electron chi connectivity index (χ2n) is 4.46. The molecular weight excluding hydrogens is 476 g/mol. The van der Waals surface area contributed by atoms with Crippen LogP contribution in [-0.4, -0.2) is 40.1 Å². The summed E-state index contributed by atoms with van der Waals surface area (Å²) >= 11 is 4.07. The largest absolute Gasteiger partial charge is 0.506 e. The molecule has 1 aromatic carbocycles. The van der Waals surface area contributed by atoms with Crippen molar-refractivity contribution in [1.29, 1.82) is 0 Å². The number of nitrogens with zero attached hydrogens (tertiary/aromatic N) is 1. The number of carboxylic acid groups (broad SMARTS) is 1. The first-order valence-corrected chi connectivity index (χ1v) is 7.73. The van der Waals surface area contributed by atoms with Gasteiger partial charge in [-0.3, -0.25) is 9.59 Å². The van der Waals surface area contributed by atoms with E-state index >= 15 is 0 Å².